The molecule has 4 rings (SSSR count). The van der Waals surface area contributed by atoms with Crippen LogP contribution in [0.3, 0.4) is 0 Å². The van der Waals surface area contributed by atoms with Crippen molar-refractivity contribution in [3.8, 4) is 5.75 Å². The van der Waals surface area contributed by atoms with Crippen LogP contribution >= 0.6 is 0 Å². The summed E-state index contributed by atoms with van der Waals surface area (Å²) in [7, 11) is 0. The third-order valence-corrected chi connectivity index (χ3v) is 4.90. The summed E-state index contributed by atoms with van der Waals surface area (Å²) < 4.78 is 5.39. The molecule has 1 saturated heterocycles. The Morgan fingerprint density at radius 1 is 1.07 bits per heavy atom. The Morgan fingerprint density at radius 3 is 2.43 bits per heavy atom. The van der Waals surface area contributed by atoms with Crippen LogP contribution in [0.4, 0.5) is 11.4 Å². The molecule has 2 aromatic carbocycles. The normalized spacial score (nSPS) is 19.9. The van der Waals surface area contributed by atoms with Crippen LogP contribution in [0.1, 0.15) is 12.5 Å². The van der Waals surface area contributed by atoms with Crippen molar-refractivity contribution >= 4 is 29.1 Å². The maximum atomic E-state index is 13.0. The summed E-state index contributed by atoms with van der Waals surface area (Å²) in [6.45, 7) is 4.16. The first kappa shape index (κ1) is 19.6. The van der Waals surface area contributed by atoms with Gasteiger partial charge < -0.3 is 10.1 Å². The van der Waals surface area contributed by atoms with Crippen LogP contribution in [0.2, 0.25) is 0 Å². The molecule has 2 atom stereocenters. The van der Waals surface area contributed by atoms with Gasteiger partial charge in [-0.25, -0.2) is 4.90 Å². The third-order valence-electron chi connectivity index (χ3n) is 4.90. The Bertz CT molecular complexity index is 1000. The molecule has 2 aromatic rings. The van der Waals surface area contributed by atoms with E-state index >= 15 is 0 Å². The molecule has 30 heavy (non-hydrogen) atoms. The minimum atomic E-state index is -0.948. The Kier molecular flexibility index (Phi) is 5.18. The summed E-state index contributed by atoms with van der Waals surface area (Å²) in [5.74, 6) is -0.616. The van der Waals surface area contributed by atoms with E-state index in [1.54, 1.807) is 36.4 Å². The second kappa shape index (κ2) is 7.94. The first-order valence-electron chi connectivity index (χ1n) is 9.62. The minimum absolute atomic E-state index is 0.186. The van der Waals surface area contributed by atoms with Gasteiger partial charge >= 0.3 is 0 Å². The van der Waals surface area contributed by atoms with Gasteiger partial charge in [0, 0.05) is 5.69 Å². The molecule has 2 aliphatic heterocycles. The Balaban J connectivity index is 1.46. The van der Waals surface area contributed by atoms with Gasteiger partial charge in [0.1, 0.15) is 12.3 Å². The number of aryl methyl sites for hydroxylation is 1. The first-order valence-corrected chi connectivity index (χ1v) is 9.62. The number of rotatable bonds is 6. The lowest BCUT2D eigenvalue weighted by Crippen LogP contribution is -2.43. The zero-order valence-corrected chi connectivity index (χ0v) is 16.6. The molecule has 0 spiro atoms. The lowest BCUT2D eigenvalue weighted by atomic mass is 10.1. The van der Waals surface area contributed by atoms with E-state index < -0.39 is 23.9 Å². The number of ether oxygens (including phenoxy) is 1. The summed E-state index contributed by atoms with van der Waals surface area (Å²) in [5, 5.41) is 11.9. The van der Waals surface area contributed by atoms with Gasteiger partial charge in [0.25, 0.3) is 11.8 Å². The maximum Gasteiger partial charge on any atom is 0.263 e. The molecule has 9 nitrogen and oxygen atoms in total. The lowest BCUT2D eigenvalue weighted by molar-refractivity contribution is -0.123. The molecular weight excluding hydrogens is 386 g/mol. The summed E-state index contributed by atoms with van der Waals surface area (Å²) in [6, 6.07) is 12.2. The fraction of sp³-hybridized carbons (Fsp3) is 0.286. The van der Waals surface area contributed by atoms with Crippen LogP contribution in [-0.2, 0) is 14.4 Å². The van der Waals surface area contributed by atoms with E-state index in [0.29, 0.717) is 23.7 Å². The average Bonchev–Trinajstić information content (AvgIpc) is 3.24. The second-order valence-corrected chi connectivity index (χ2v) is 7.05. The Hall–Kier alpha value is -3.75. The Labute approximate surface area is 173 Å². The number of carbonyl (C=O) groups excluding carboxylic acids is 3. The van der Waals surface area contributed by atoms with Crippen LogP contribution in [0.15, 0.2) is 58.9 Å². The molecule has 9 heteroatoms. The van der Waals surface area contributed by atoms with E-state index in [2.05, 4.69) is 15.7 Å². The summed E-state index contributed by atoms with van der Waals surface area (Å²) in [5.41, 5.74) is 2.15. The maximum absolute atomic E-state index is 13.0. The molecule has 1 N–H and O–H groups in total. The van der Waals surface area contributed by atoms with Gasteiger partial charge in [0.15, 0.2) is 12.1 Å². The van der Waals surface area contributed by atoms with Crippen molar-refractivity contribution in [1.29, 1.82) is 0 Å². The molecule has 0 unspecified atom stereocenters. The number of anilines is 2. The highest BCUT2D eigenvalue weighted by Gasteiger charge is 2.55. The SMILES string of the molecule is CCOc1ccc(N2C(=O)[C@H]3N=NN(CC(=O)Nc4ccc(C)cc4)[C@@H]3C2=O)cc1. The number of hydrogen-bond acceptors (Lipinski definition) is 7. The quantitative estimate of drug-likeness (QED) is 0.740. The summed E-state index contributed by atoms with van der Waals surface area (Å²) in [4.78, 5) is 39.2. The molecular formula is C21H21N5O4. The molecule has 3 amide bonds. The van der Waals surface area contributed by atoms with Crippen LogP contribution in [0.25, 0.3) is 0 Å². The minimum Gasteiger partial charge on any atom is -0.494 e. The van der Waals surface area contributed by atoms with Crippen molar-refractivity contribution in [2.75, 3.05) is 23.4 Å². The molecule has 0 bridgehead atoms. The molecule has 0 aliphatic carbocycles. The zero-order chi connectivity index (χ0) is 21.3. The van der Waals surface area contributed by atoms with Crippen molar-refractivity contribution in [2.24, 2.45) is 10.3 Å². The third kappa shape index (κ3) is 3.61. The number of hydrogen-bond donors (Lipinski definition) is 1. The second-order valence-electron chi connectivity index (χ2n) is 7.05. The van der Waals surface area contributed by atoms with E-state index in [0.717, 1.165) is 10.5 Å². The van der Waals surface area contributed by atoms with Crippen LogP contribution in [0, 0.1) is 6.92 Å². The fourth-order valence-electron chi connectivity index (χ4n) is 3.45. The van der Waals surface area contributed by atoms with Gasteiger partial charge in [0.2, 0.25) is 5.91 Å². The highest BCUT2D eigenvalue weighted by molar-refractivity contribution is 6.25. The van der Waals surface area contributed by atoms with Crippen LogP contribution < -0.4 is 15.0 Å². The predicted octanol–water partition coefficient (Wildman–Crippen LogP) is 2.33. The fourth-order valence-corrected chi connectivity index (χ4v) is 3.45. The molecule has 154 valence electrons. The number of nitrogens with zero attached hydrogens (tertiary/aromatic N) is 4. The molecule has 0 aromatic heterocycles. The monoisotopic (exact) mass is 407 g/mol. The van der Waals surface area contributed by atoms with E-state index in [1.807, 2.05) is 26.0 Å². The highest BCUT2D eigenvalue weighted by atomic mass is 16.5. The Morgan fingerprint density at radius 2 is 1.77 bits per heavy atom. The first-order chi connectivity index (χ1) is 14.5. The van der Waals surface area contributed by atoms with Crippen molar-refractivity contribution in [3.63, 3.8) is 0 Å². The van der Waals surface area contributed by atoms with Crippen LogP contribution in [0.5, 0.6) is 5.75 Å². The molecule has 2 aliphatic rings. The lowest BCUT2D eigenvalue weighted by Gasteiger charge is -2.20. The predicted molar refractivity (Wildman–Crippen MR) is 109 cm³/mol. The van der Waals surface area contributed by atoms with E-state index in [9.17, 15) is 14.4 Å². The van der Waals surface area contributed by atoms with Crippen molar-refractivity contribution < 1.29 is 19.1 Å². The highest BCUT2D eigenvalue weighted by Crippen LogP contribution is 2.32. The molecule has 0 saturated carbocycles. The summed E-state index contributed by atoms with van der Waals surface area (Å²) in [6.07, 6.45) is 0. The smallest absolute Gasteiger partial charge is 0.263 e. The van der Waals surface area contributed by atoms with E-state index in [1.165, 1.54) is 5.01 Å². The molecule has 0 radical (unpaired) electrons. The number of amides is 3. The van der Waals surface area contributed by atoms with Gasteiger partial charge in [-0.15, -0.1) is 0 Å². The van der Waals surface area contributed by atoms with E-state index in [-0.39, 0.29) is 12.5 Å². The number of nitrogens with one attached hydrogen (secondary N) is 1. The summed E-state index contributed by atoms with van der Waals surface area (Å²) >= 11 is 0. The van der Waals surface area contributed by atoms with Crippen LogP contribution in [-0.4, -0.2) is 48.0 Å². The largest absolute Gasteiger partial charge is 0.494 e. The van der Waals surface area contributed by atoms with Crippen molar-refractivity contribution in [3.05, 3.63) is 54.1 Å². The van der Waals surface area contributed by atoms with Gasteiger partial charge in [-0.2, -0.15) is 5.11 Å². The number of benzene rings is 2. The van der Waals surface area contributed by atoms with Gasteiger partial charge in [-0.1, -0.05) is 22.9 Å². The van der Waals surface area contributed by atoms with Gasteiger partial charge in [-0.3, -0.25) is 19.4 Å². The number of imide groups is 1. The van der Waals surface area contributed by atoms with Crippen molar-refractivity contribution in [2.45, 2.75) is 25.9 Å². The topological polar surface area (TPSA) is 104 Å². The molecule has 1 fully saturated rings. The van der Waals surface area contributed by atoms with Crippen molar-refractivity contribution in [1.82, 2.24) is 5.01 Å². The number of carbonyl (C=O) groups is 3. The molecule has 2 heterocycles. The van der Waals surface area contributed by atoms with Gasteiger partial charge in [-0.05, 0) is 50.2 Å². The zero-order valence-electron chi connectivity index (χ0n) is 16.6. The average molecular weight is 407 g/mol. The number of fused-ring (bicyclic) bond motifs is 1. The standard InChI is InChI=1S/C21H21N5O4/c1-3-30-16-10-8-15(9-11-16)26-20(28)18-19(21(26)29)25(24-23-18)12-17(27)22-14-6-4-13(2)5-7-14/h4-11,18-19H,3,12H2,1-2H3,(H,22,27)/t18-,19-/m0/s1. The van der Waals surface area contributed by atoms with E-state index in [4.69, 9.17) is 4.74 Å². The van der Waals surface area contributed by atoms with Gasteiger partial charge in [0.05, 0.1) is 12.3 Å².